The van der Waals surface area contributed by atoms with Gasteiger partial charge < -0.3 is 5.32 Å². The van der Waals surface area contributed by atoms with Gasteiger partial charge >= 0.3 is 0 Å². The predicted molar refractivity (Wildman–Crippen MR) is 77.9 cm³/mol. The molecular weight excluding hydrogens is 226 g/mol. The maximum Gasteiger partial charge on any atom is 0.0348 e. The Balaban J connectivity index is 1.80. The summed E-state index contributed by atoms with van der Waals surface area (Å²) in [5, 5.41) is 6.30. The maximum absolute atomic E-state index is 3.66. The van der Waals surface area contributed by atoms with Crippen molar-refractivity contribution in [3.05, 3.63) is 42.5 Å². The van der Waals surface area contributed by atoms with E-state index in [1.165, 1.54) is 40.8 Å². The number of nitrogens with one attached hydrogen (secondary N) is 1. The van der Waals surface area contributed by atoms with Crippen LogP contribution in [0.3, 0.4) is 0 Å². The van der Waals surface area contributed by atoms with Gasteiger partial charge in [-0.1, -0.05) is 30.3 Å². The zero-order valence-corrected chi connectivity index (χ0v) is 10.7. The maximum atomic E-state index is 3.66. The lowest BCUT2D eigenvalue weighted by Crippen LogP contribution is -2.24. The molecule has 0 unspecified atom stereocenters. The van der Waals surface area contributed by atoms with E-state index >= 15 is 0 Å². The Hall–Kier alpha value is -1.15. The summed E-state index contributed by atoms with van der Waals surface area (Å²) in [7, 11) is 0. The van der Waals surface area contributed by atoms with Gasteiger partial charge in [0.2, 0.25) is 0 Å². The molecule has 1 saturated heterocycles. The summed E-state index contributed by atoms with van der Waals surface area (Å²) in [5.74, 6) is 2.59. The van der Waals surface area contributed by atoms with Crippen LogP contribution in [0.25, 0.3) is 10.8 Å². The van der Waals surface area contributed by atoms with Gasteiger partial charge in [-0.05, 0) is 47.3 Å². The van der Waals surface area contributed by atoms with Gasteiger partial charge in [-0.15, -0.1) is 0 Å². The molecule has 0 spiro atoms. The van der Waals surface area contributed by atoms with E-state index in [0.29, 0.717) is 6.04 Å². The van der Waals surface area contributed by atoms with Crippen LogP contribution in [0.2, 0.25) is 0 Å². The van der Waals surface area contributed by atoms with Gasteiger partial charge in [0.25, 0.3) is 0 Å². The van der Waals surface area contributed by atoms with E-state index in [4.69, 9.17) is 0 Å². The Labute approximate surface area is 107 Å². The van der Waals surface area contributed by atoms with E-state index in [1.54, 1.807) is 0 Å². The van der Waals surface area contributed by atoms with Gasteiger partial charge in [0.15, 0.2) is 0 Å². The molecule has 1 aliphatic rings. The highest BCUT2D eigenvalue weighted by Gasteiger charge is 2.12. The molecule has 2 aromatic carbocycles. The highest BCUT2D eigenvalue weighted by atomic mass is 32.2. The van der Waals surface area contributed by atoms with E-state index in [2.05, 4.69) is 59.5 Å². The van der Waals surface area contributed by atoms with Gasteiger partial charge in [-0.3, -0.25) is 0 Å². The molecule has 0 bridgehead atoms. The topological polar surface area (TPSA) is 12.0 Å². The number of anilines is 1. The minimum absolute atomic E-state index is 0.664. The molecule has 17 heavy (non-hydrogen) atoms. The predicted octanol–water partition coefficient (Wildman–Crippen LogP) is 4.15. The second-order valence-corrected chi connectivity index (χ2v) is 5.82. The Morgan fingerprint density at radius 2 is 1.71 bits per heavy atom. The summed E-state index contributed by atoms with van der Waals surface area (Å²) in [6, 6.07) is 15.9. The first-order valence-electron chi connectivity index (χ1n) is 6.25. The van der Waals surface area contributed by atoms with Crippen LogP contribution in [0.4, 0.5) is 5.69 Å². The third kappa shape index (κ3) is 2.58. The number of hydrogen-bond donors (Lipinski definition) is 1. The molecule has 88 valence electrons. The standard InChI is InChI=1S/C15H17NS/c1-2-4-13-11-15(6-5-12(13)3-1)16-14-7-9-17-10-8-14/h1-6,11,14,16H,7-10H2. The molecule has 0 aromatic heterocycles. The lowest BCUT2D eigenvalue weighted by Gasteiger charge is -2.23. The molecule has 2 aromatic rings. The molecule has 0 radical (unpaired) electrons. The van der Waals surface area contributed by atoms with E-state index in [9.17, 15) is 0 Å². The number of fused-ring (bicyclic) bond motifs is 1. The van der Waals surface area contributed by atoms with Crippen LogP contribution in [-0.2, 0) is 0 Å². The minimum atomic E-state index is 0.664. The van der Waals surface area contributed by atoms with Crippen molar-refractivity contribution in [3.8, 4) is 0 Å². The van der Waals surface area contributed by atoms with Gasteiger partial charge in [-0.2, -0.15) is 11.8 Å². The van der Waals surface area contributed by atoms with Crippen molar-refractivity contribution in [1.29, 1.82) is 0 Å². The molecule has 1 N–H and O–H groups in total. The van der Waals surface area contributed by atoms with Crippen molar-refractivity contribution in [2.24, 2.45) is 0 Å². The molecule has 0 atom stereocenters. The van der Waals surface area contributed by atoms with Crippen molar-refractivity contribution in [1.82, 2.24) is 0 Å². The zero-order valence-electron chi connectivity index (χ0n) is 9.86. The van der Waals surface area contributed by atoms with E-state index in [1.807, 2.05) is 0 Å². The van der Waals surface area contributed by atoms with Crippen molar-refractivity contribution in [3.63, 3.8) is 0 Å². The van der Waals surface area contributed by atoms with Crippen molar-refractivity contribution in [2.75, 3.05) is 16.8 Å². The van der Waals surface area contributed by atoms with Crippen LogP contribution in [0.1, 0.15) is 12.8 Å². The summed E-state index contributed by atoms with van der Waals surface area (Å²) in [6.45, 7) is 0. The smallest absolute Gasteiger partial charge is 0.0348 e. The first-order valence-corrected chi connectivity index (χ1v) is 7.40. The minimum Gasteiger partial charge on any atom is -0.382 e. The highest BCUT2D eigenvalue weighted by Crippen LogP contribution is 2.23. The van der Waals surface area contributed by atoms with E-state index in [-0.39, 0.29) is 0 Å². The fourth-order valence-electron chi connectivity index (χ4n) is 2.36. The van der Waals surface area contributed by atoms with E-state index in [0.717, 1.165) is 0 Å². The second kappa shape index (κ2) is 5.01. The van der Waals surface area contributed by atoms with Crippen molar-refractivity contribution < 1.29 is 0 Å². The number of thioether (sulfide) groups is 1. The van der Waals surface area contributed by atoms with Crippen molar-refractivity contribution >= 4 is 28.2 Å². The summed E-state index contributed by atoms with van der Waals surface area (Å²) < 4.78 is 0. The number of hydrogen-bond acceptors (Lipinski definition) is 2. The largest absolute Gasteiger partial charge is 0.382 e. The van der Waals surface area contributed by atoms with Crippen LogP contribution < -0.4 is 5.32 Å². The van der Waals surface area contributed by atoms with Crippen LogP contribution in [0, 0.1) is 0 Å². The average Bonchev–Trinajstić information content (AvgIpc) is 2.40. The average molecular weight is 243 g/mol. The molecule has 1 fully saturated rings. The van der Waals surface area contributed by atoms with Gasteiger partial charge in [0.05, 0.1) is 0 Å². The Bertz CT molecular complexity index is 503. The fraction of sp³-hybridized carbons (Fsp3) is 0.333. The van der Waals surface area contributed by atoms with Crippen LogP contribution >= 0.6 is 11.8 Å². The second-order valence-electron chi connectivity index (χ2n) is 4.59. The lowest BCUT2D eigenvalue weighted by molar-refractivity contribution is 0.667. The summed E-state index contributed by atoms with van der Waals surface area (Å²) in [5.41, 5.74) is 1.26. The molecule has 2 heteroatoms. The summed E-state index contributed by atoms with van der Waals surface area (Å²) in [4.78, 5) is 0. The molecule has 0 aliphatic carbocycles. The molecule has 1 heterocycles. The lowest BCUT2D eigenvalue weighted by atomic mass is 10.1. The Morgan fingerprint density at radius 3 is 2.53 bits per heavy atom. The molecule has 0 saturated carbocycles. The number of rotatable bonds is 2. The molecule has 1 aliphatic heterocycles. The van der Waals surface area contributed by atoms with Crippen LogP contribution in [0.5, 0.6) is 0 Å². The third-order valence-electron chi connectivity index (χ3n) is 3.34. The van der Waals surface area contributed by atoms with E-state index < -0.39 is 0 Å². The molecule has 0 amide bonds. The third-order valence-corrected chi connectivity index (χ3v) is 4.39. The summed E-state index contributed by atoms with van der Waals surface area (Å²) >= 11 is 2.07. The zero-order chi connectivity index (χ0) is 11.5. The molecule has 3 rings (SSSR count). The van der Waals surface area contributed by atoms with Crippen LogP contribution in [0.15, 0.2) is 42.5 Å². The summed E-state index contributed by atoms with van der Waals surface area (Å²) in [6.07, 6.45) is 2.58. The molecule has 1 nitrogen and oxygen atoms in total. The SMILES string of the molecule is c1ccc2cc(NC3CCSCC3)ccc2c1. The molecular formula is C15H17NS. The Morgan fingerprint density at radius 1 is 0.941 bits per heavy atom. The monoisotopic (exact) mass is 243 g/mol. The first-order chi connectivity index (χ1) is 8.42. The normalized spacial score (nSPS) is 17.2. The van der Waals surface area contributed by atoms with Crippen molar-refractivity contribution in [2.45, 2.75) is 18.9 Å². The Kier molecular flexibility index (Phi) is 3.23. The van der Waals surface area contributed by atoms with Crippen LogP contribution in [-0.4, -0.2) is 17.5 Å². The highest BCUT2D eigenvalue weighted by molar-refractivity contribution is 7.99. The van der Waals surface area contributed by atoms with Gasteiger partial charge in [0, 0.05) is 11.7 Å². The van der Waals surface area contributed by atoms with Gasteiger partial charge in [-0.25, -0.2) is 0 Å². The fourth-order valence-corrected chi connectivity index (χ4v) is 3.46. The first kappa shape index (κ1) is 11.0. The quantitative estimate of drug-likeness (QED) is 0.850. The number of benzene rings is 2. The van der Waals surface area contributed by atoms with Gasteiger partial charge in [0.1, 0.15) is 0 Å².